The number of hydrazine groups is 1. The van der Waals surface area contributed by atoms with Crippen molar-refractivity contribution in [2.24, 2.45) is 5.84 Å². The van der Waals surface area contributed by atoms with Crippen LogP contribution in [-0.4, -0.2) is 24.0 Å². The molecule has 0 atom stereocenters. The molecular formula is C14H15ClN4O2. The second-order valence-corrected chi connectivity index (χ2v) is 4.51. The maximum absolute atomic E-state index is 12.0. The van der Waals surface area contributed by atoms with Crippen LogP contribution in [0.4, 0.5) is 5.82 Å². The van der Waals surface area contributed by atoms with Crippen molar-refractivity contribution in [3.8, 4) is 5.75 Å². The number of hydrogen-bond donors (Lipinski definition) is 3. The first-order valence-electron chi connectivity index (χ1n) is 6.29. The van der Waals surface area contributed by atoms with Crippen molar-refractivity contribution in [2.45, 2.75) is 0 Å². The first kappa shape index (κ1) is 15.1. The van der Waals surface area contributed by atoms with E-state index >= 15 is 0 Å². The molecule has 0 bridgehead atoms. The molecule has 21 heavy (non-hydrogen) atoms. The predicted molar refractivity (Wildman–Crippen MR) is 81.3 cm³/mol. The van der Waals surface area contributed by atoms with Crippen molar-refractivity contribution in [1.82, 2.24) is 10.3 Å². The molecule has 0 radical (unpaired) electrons. The third kappa shape index (κ3) is 4.62. The van der Waals surface area contributed by atoms with Gasteiger partial charge in [0.05, 0.1) is 6.54 Å². The summed E-state index contributed by atoms with van der Waals surface area (Å²) in [5.74, 6) is 6.06. The number of nitrogens with two attached hydrogens (primary N) is 1. The molecule has 0 spiro atoms. The van der Waals surface area contributed by atoms with E-state index in [2.05, 4.69) is 15.7 Å². The van der Waals surface area contributed by atoms with E-state index in [4.69, 9.17) is 22.2 Å². The number of carbonyl (C=O) groups excluding carboxylic acids is 1. The molecule has 0 unspecified atom stereocenters. The standard InChI is InChI=1S/C14H15ClN4O2/c15-12-8-10(9-13(18-12)19-16)14(20)17-6-7-21-11-4-2-1-3-5-11/h1-5,8-9H,6-7,16H2,(H,17,20)(H,18,19). The van der Waals surface area contributed by atoms with Gasteiger partial charge in [-0.15, -0.1) is 0 Å². The Labute approximate surface area is 127 Å². The van der Waals surface area contributed by atoms with Crippen LogP contribution in [-0.2, 0) is 0 Å². The number of anilines is 1. The second kappa shape index (κ2) is 7.47. The molecule has 6 nitrogen and oxygen atoms in total. The molecule has 1 amide bonds. The predicted octanol–water partition coefficient (Wildman–Crippen LogP) is 1.83. The lowest BCUT2D eigenvalue weighted by atomic mass is 10.2. The highest BCUT2D eigenvalue weighted by Gasteiger charge is 2.08. The van der Waals surface area contributed by atoms with Crippen molar-refractivity contribution in [1.29, 1.82) is 0 Å². The van der Waals surface area contributed by atoms with Crippen molar-refractivity contribution < 1.29 is 9.53 Å². The first-order chi connectivity index (χ1) is 10.2. The van der Waals surface area contributed by atoms with Gasteiger partial charge in [0.2, 0.25) is 0 Å². The van der Waals surface area contributed by atoms with Crippen LogP contribution in [0.5, 0.6) is 5.75 Å². The molecule has 0 aliphatic heterocycles. The average Bonchev–Trinajstić information content (AvgIpc) is 2.51. The number of amides is 1. The third-order valence-corrected chi connectivity index (χ3v) is 2.80. The molecule has 0 aliphatic rings. The summed E-state index contributed by atoms with van der Waals surface area (Å²) in [5.41, 5.74) is 2.73. The Bertz CT molecular complexity index is 607. The van der Waals surface area contributed by atoms with Gasteiger partial charge < -0.3 is 15.5 Å². The van der Waals surface area contributed by atoms with E-state index in [9.17, 15) is 4.79 Å². The SMILES string of the molecule is NNc1cc(C(=O)NCCOc2ccccc2)cc(Cl)n1. The Kier molecular flexibility index (Phi) is 5.36. The minimum absolute atomic E-state index is 0.191. The minimum atomic E-state index is -0.271. The van der Waals surface area contributed by atoms with Gasteiger partial charge >= 0.3 is 0 Å². The van der Waals surface area contributed by atoms with E-state index in [-0.39, 0.29) is 11.1 Å². The molecule has 0 saturated heterocycles. The van der Waals surface area contributed by atoms with E-state index in [1.807, 2.05) is 30.3 Å². The topological polar surface area (TPSA) is 89.3 Å². The van der Waals surface area contributed by atoms with Crippen molar-refractivity contribution in [2.75, 3.05) is 18.6 Å². The summed E-state index contributed by atoms with van der Waals surface area (Å²) in [7, 11) is 0. The lowest BCUT2D eigenvalue weighted by Gasteiger charge is -2.08. The van der Waals surface area contributed by atoms with Gasteiger partial charge in [0.25, 0.3) is 5.91 Å². The van der Waals surface area contributed by atoms with E-state index < -0.39 is 0 Å². The smallest absolute Gasteiger partial charge is 0.251 e. The van der Waals surface area contributed by atoms with E-state index in [1.165, 1.54) is 12.1 Å². The number of halogens is 1. The van der Waals surface area contributed by atoms with Crippen LogP contribution in [0.2, 0.25) is 5.15 Å². The number of nitrogens with zero attached hydrogens (tertiary/aromatic N) is 1. The fourth-order valence-electron chi connectivity index (χ4n) is 1.65. The number of nitrogens with one attached hydrogen (secondary N) is 2. The number of nitrogen functional groups attached to an aromatic ring is 1. The highest BCUT2D eigenvalue weighted by molar-refractivity contribution is 6.29. The van der Waals surface area contributed by atoms with Crippen LogP contribution >= 0.6 is 11.6 Å². The van der Waals surface area contributed by atoms with Gasteiger partial charge in [-0.1, -0.05) is 29.8 Å². The highest BCUT2D eigenvalue weighted by atomic mass is 35.5. The maximum Gasteiger partial charge on any atom is 0.251 e. The zero-order valence-corrected chi connectivity index (χ0v) is 11.9. The molecule has 1 aromatic carbocycles. The van der Waals surface area contributed by atoms with Gasteiger partial charge in [0.1, 0.15) is 23.3 Å². The van der Waals surface area contributed by atoms with Crippen LogP contribution in [0.15, 0.2) is 42.5 Å². The normalized spacial score (nSPS) is 10.0. The molecule has 7 heteroatoms. The molecule has 0 fully saturated rings. The van der Waals surface area contributed by atoms with Gasteiger partial charge in [-0.25, -0.2) is 10.8 Å². The fourth-order valence-corrected chi connectivity index (χ4v) is 1.86. The van der Waals surface area contributed by atoms with Crippen LogP contribution in [0.1, 0.15) is 10.4 Å². The van der Waals surface area contributed by atoms with Crippen molar-refractivity contribution in [3.63, 3.8) is 0 Å². The summed E-state index contributed by atoms with van der Waals surface area (Å²) in [6, 6.07) is 12.4. The number of pyridine rings is 1. The molecule has 0 saturated carbocycles. The largest absolute Gasteiger partial charge is 0.492 e. The summed E-state index contributed by atoms with van der Waals surface area (Å²) < 4.78 is 5.48. The van der Waals surface area contributed by atoms with Crippen LogP contribution < -0.4 is 21.3 Å². The maximum atomic E-state index is 12.0. The van der Waals surface area contributed by atoms with Gasteiger partial charge in [0.15, 0.2) is 0 Å². The number of carbonyl (C=O) groups is 1. The molecule has 2 rings (SSSR count). The molecule has 1 aromatic heterocycles. The molecule has 2 aromatic rings. The third-order valence-electron chi connectivity index (χ3n) is 2.60. The monoisotopic (exact) mass is 306 g/mol. The Balaban J connectivity index is 1.83. The highest BCUT2D eigenvalue weighted by Crippen LogP contribution is 2.13. The molecule has 110 valence electrons. The number of benzene rings is 1. The zero-order valence-electron chi connectivity index (χ0n) is 11.2. The first-order valence-corrected chi connectivity index (χ1v) is 6.67. The van der Waals surface area contributed by atoms with E-state index in [0.717, 1.165) is 5.75 Å². The Morgan fingerprint density at radius 1 is 1.29 bits per heavy atom. The Hall–Kier alpha value is -2.31. The second-order valence-electron chi connectivity index (χ2n) is 4.13. The van der Waals surface area contributed by atoms with Crippen LogP contribution in [0.3, 0.4) is 0 Å². The molecule has 4 N–H and O–H groups in total. The summed E-state index contributed by atoms with van der Waals surface area (Å²) in [5, 5.41) is 2.92. The molecule has 1 heterocycles. The number of aromatic nitrogens is 1. The minimum Gasteiger partial charge on any atom is -0.492 e. The fraction of sp³-hybridized carbons (Fsp3) is 0.143. The van der Waals surface area contributed by atoms with Crippen LogP contribution in [0, 0.1) is 0 Å². The number of rotatable bonds is 6. The summed E-state index contributed by atoms with van der Waals surface area (Å²) in [4.78, 5) is 15.9. The zero-order chi connectivity index (χ0) is 15.1. The number of para-hydroxylation sites is 1. The van der Waals surface area contributed by atoms with Gasteiger partial charge in [-0.05, 0) is 24.3 Å². The van der Waals surface area contributed by atoms with Gasteiger partial charge in [-0.2, -0.15) is 0 Å². The van der Waals surface area contributed by atoms with E-state index in [1.54, 1.807) is 0 Å². The number of ether oxygens (including phenoxy) is 1. The lowest BCUT2D eigenvalue weighted by Crippen LogP contribution is -2.28. The van der Waals surface area contributed by atoms with Gasteiger partial charge in [0, 0.05) is 5.56 Å². The summed E-state index contributed by atoms with van der Waals surface area (Å²) in [6.07, 6.45) is 0. The quantitative estimate of drug-likeness (QED) is 0.328. The van der Waals surface area contributed by atoms with Crippen LogP contribution in [0.25, 0.3) is 0 Å². The Morgan fingerprint density at radius 3 is 2.76 bits per heavy atom. The lowest BCUT2D eigenvalue weighted by molar-refractivity contribution is 0.0947. The van der Waals surface area contributed by atoms with E-state index in [0.29, 0.717) is 24.5 Å². The summed E-state index contributed by atoms with van der Waals surface area (Å²) >= 11 is 5.80. The molecule has 0 aliphatic carbocycles. The van der Waals surface area contributed by atoms with Crippen molar-refractivity contribution >= 4 is 23.3 Å². The summed E-state index contributed by atoms with van der Waals surface area (Å²) in [6.45, 7) is 0.746. The Morgan fingerprint density at radius 2 is 2.05 bits per heavy atom. The molecular weight excluding hydrogens is 292 g/mol. The van der Waals surface area contributed by atoms with Crippen molar-refractivity contribution in [3.05, 3.63) is 53.2 Å². The van der Waals surface area contributed by atoms with Gasteiger partial charge in [-0.3, -0.25) is 4.79 Å². The number of hydrogen-bond acceptors (Lipinski definition) is 5. The average molecular weight is 307 g/mol.